The summed E-state index contributed by atoms with van der Waals surface area (Å²) in [5.74, 6) is 0.921. The number of methoxy groups -OCH3 is 1. The molecule has 170 valence electrons. The van der Waals surface area contributed by atoms with Crippen molar-refractivity contribution in [3.63, 3.8) is 0 Å². The number of rotatable bonds is 11. The highest BCUT2D eigenvalue weighted by Crippen LogP contribution is 2.50. The van der Waals surface area contributed by atoms with Crippen LogP contribution in [0.3, 0.4) is 0 Å². The molecule has 0 saturated carbocycles. The minimum absolute atomic E-state index is 0.0352. The summed E-state index contributed by atoms with van der Waals surface area (Å²) in [4.78, 5) is 11.7. The molecule has 0 aliphatic heterocycles. The van der Waals surface area contributed by atoms with Crippen molar-refractivity contribution < 1.29 is 14.3 Å². The first-order valence-electron chi connectivity index (χ1n) is 11.3. The number of carbonyl (C=O) groups is 1. The van der Waals surface area contributed by atoms with E-state index in [9.17, 15) is 4.79 Å². The predicted molar refractivity (Wildman–Crippen MR) is 134 cm³/mol. The summed E-state index contributed by atoms with van der Waals surface area (Å²) in [5.41, 5.74) is 4.48. The van der Waals surface area contributed by atoms with Crippen molar-refractivity contribution in [2.45, 2.75) is 77.8 Å². The number of unbranched alkanes of at least 4 members (excludes halogenated alkanes) is 2. The molecule has 4 heteroatoms. The molecule has 0 aliphatic carbocycles. The van der Waals surface area contributed by atoms with Gasteiger partial charge in [0.15, 0.2) is 13.1 Å². The molecule has 0 amide bonds. The first-order valence-corrected chi connectivity index (χ1v) is 12.3. The molecule has 3 nitrogen and oxygen atoms in total. The lowest BCUT2D eigenvalue weighted by atomic mass is 9.82. The van der Waals surface area contributed by atoms with Gasteiger partial charge in [-0.25, -0.2) is 0 Å². The van der Waals surface area contributed by atoms with E-state index < -0.39 is 0 Å². The summed E-state index contributed by atoms with van der Waals surface area (Å²) in [6.07, 6.45) is 5.54. The highest BCUT2D eigenvalue weighted by atomic mass is 31.1. The topological polar surface area (TPSA) is 35.5 Å². The minimum atomic E-state index is -0.136. The molecule has 0 N–H and O–H groups in total. The zero-order chi connectivity index (χ0) is 23.1. The van der Waals surface area contributed by atoms with E-state index in [4.69, 9.17) is 9.47 Å². The van der Waals surface area contributed by atoms with Gasteiger partial charge in [-0.2, -0.15) is 0 Å². The van der Waals surface area contributed by atoms with Crippen LogP contribution in [0.5, 0.6) is 5.75 Å². The molecule has 2 atom stereocenters. The Morgan fingerprint density at radius 2 is 1.77 bits per heavy atom. The lowest BCUT2D eigenvalue weighted by Gasteiger charge is -2.35. The molecular weight excluding hydrogens is 403 g/mol. The van der Waals surface area contributed by atoms with E-state index in [0.29, 0.717) is 8.58 Å². The van der Waals surface area contributed by atoms with Crippen LogP contribution in [0.2, 0.25) is 0 Å². The second kappa shape index (κ2) is 11.2. The van der Waals surface area contributed by atoms with Gasteiger partial charge < -0.3 is 9.47 Å². The smallest absolute Gasteiger partial charge is 0.188 e. The van der Waals surface area contributed by atoms with Crippen molar-refractivity contribution in [3.05, 3.63) is 58.7 Å². The number of carbonyl (C=O) groups excluding carboxylic acids is 1. The summed E-state index contributed by atoms with van der Waals surface area (Å²) in [6.45, 7) is 13.7. The van der Waals surface area contributed by atoms with Crippen molar-refractivity contribution in [1.82, 2.24) is 0 Å². The van der Waals surface area contributed by atoms with Crippen molar-refractivity contribution in [2.24, 2.45) is 0 Å². The van der Waals surface area contributed by atoms with E-state index in [1.165, 1.54) is 24.0 Å². The van der Waals surface area contributed by atoms with Gasteiger partial charge in [-0.15, -0.1) is 0 Å². The zero-order valence-electron chi connectivity index (χ0n) is 20.3. The van der Waals surface area contributed by atoms with E-state index >= 15 is 0 Å². The van der Waals surface area contributed by atoms with Crippen LogP contribution < -0.4 is 10.0 Å². The van der Waals surface area contributed by atoms with Crippen LogP contribution in [-0.4, -0.2) is 20.2 Å². The standard InChI is InChI=1S/C27H39O3P/c1-8-9-12-15-27(6,31-24-14-11-10-13-21(24)18-28)23-17-22(26(3,4)5)16-20(2)25(23)30-19-29-7/h10-11,13-14,16-18,31H,8-9,12,15,19H2,1-7H3. The number of hydrogen-bond acceptors (Lipinski definition) is 3. The first-order chi connectivity index (χ1) is 14.7. The van der Waals surface area contributed by atoms with Crippen LogP contribution in [0.4, 0.5) is 0 Å². The molecule has 2 aromatic rings. The zero-order valence-corrected chi connectivity index (χ0v) is 21.3. The summed E-state index contributed by atoms with van der Waals surface area (Å²) in [5, 5.41) is 0.983. The van der Waals surface area contributed by atoms with E-state index in [1.807, 2.05) is 18.2 Å². The fraction of sp³-hybridized carbons (Fsp3) is 0.519. The number of hydrogen-bond donors (Lipinski definition) is 0. The molecule has 2 aromatic carbocycles. The third-order valence-corrected chi connectivity index (χ3v) is 7.63. The van der Waals surface area contributed by atoms with Gasteiger partial charge in [0.1, 0.15) is 5.75 Å². The van der Waals surface area contributed by atoms with Crippen LogP contribution in [0.25, 0.3) is 0 Å². The third-order valence-electron chi connectivity index (χ3n) is 5.83. The molecular formula is C27H39O3P. The quantitative estimate of drug-likeness (QED) is 0.165. The highest BCUT2D eigenvalue weighted by molar-refractivity contribution is 7.48. The summed E-state index contributed by atoms with van der Waals surface area (Å²) < 4.78 is 11.4. The normalized spacial score (nSPS) is 14.0. The van der Waals surface area contributed by atoms with Crippen LogP contribution in [0, 0.1) is 6.92 Å². The molecule has 2 rings (SSSR count). The highest BCUT2D eigenvalue weighted by Gasteiger charge is 2.33. The lowest BCUT2D eigenvalue weighted by Crippen LogP contribution is -2.24. The van der Waals surface area contributed by atoms with Crippen LogP contribution >= 0.6 is 8.58 Å². The maximum atomic E-state index is 11.7. The minimum Gasteiger partial charge on any atom is -0.467 e. The largest absolute Gasteiger partial charge is 0.467 e. The molecule has 0 aromatic heterocycles. The van der Waals surface area contributed by atoms with E-state index in [1.54, 1.807) is 7.11 Å². The fourth-order valence-electron chi connectivity index (χ4n) is 3.93. The number of benzene rings is 2. The second-order valence-electron chi connectivity index (χ2n) is 9.59. The number of aldehydes is 1. The Balaban J connectivity index is 2.67. The van der Waals surface area contributed by atoms with Crippen molar-refractivity contribution in [2.75, 3.05) is 13.9 Å². The summed E-state index contributed by atoms with van der Waals surface area (Å²) in [6, 6.07) is 12.5. The van der Waals surface area contributed by atoms with Crippen molar-refractivity contribution in [1.29, 1.82) is 0 Å². The second-order valence-corrected chi connectivity index (χ2v) is 11.5. The molecule has 2 unspecified atom stereocenters. The molecule has 0 bridgehead atoms. The van der Waals surface area contributed by atoms with Gasteiger partial charge >= 0.3 is 0 Å². The van der Waals surface area contributed by atoms with Gasteiger partial charge in [0, 0.05) is 23.4 Å². The Morgan fingerprint density at radius 3 is 2.39 bits per heavy atom. The maximum absolute atomic E-state index is 11.7. The van der Waals surface area contributed by atoms with Gasteiger partial charge in [-0.05, 0) is 35.2 Å². The average Bonchev–Trinajstić information content (AvgIpc) is 2.72. The van der Waals surface area contributed by atoms with Gasteiger partial charge in [0.25, 0.3) is 0 Å². The van der Waals surface area contributed by atoms with Crippen molar-refractivity contribution in [3.8, 4) is 5.75 Å². The van der Waals surface area contributed by atoms with Gasteiger partial charge in [0.05, 0.1) is 0 Å². The van der Waals surface area contributed by atoms with Crippen LogP contribution in [-0.2, 0) is 15.3 Å². The Kier molecular flexibility index (Phi) is 9.28. The van der Waals surface area contributed by atoms with Gasteiger partial charge in [-0.1, -0.05) is 98.9 Å². The summed E-state index contributed by atoms with van der Waals surface area (Å²) in [7, 11) is 2.12. The fourth-order valence-corrected chi connectivity index (χ4v) is 5.61. The molecule has 0 heterocycles. The third kappa shape index (κ3) is 6.64. The molecule has 0 radical (unpaired) electrons. The predicted octanol–water partition coefficient (Wildman–Crippen LogP) is 6.89. The molecule has 0 fully saturated rings. The van der Waals surface area contributed by atoms with E-state index in [0.717, 1.165) is 41.3 Å². The van der Waals surface area contributed by atoms with Gasteiger partial charge in [-0.3, -0.25) is 4.79 Å². The maximum Gasteiger partial charge on any atom is 0.188 e. The molecule has 0 spiro atoms. The Morgan fingerprint density at radius 1 is 1.06 bits per heavy atom. The number of aryl methyl sites for hydroxylation is 1. The number of ether oxygens (including phenoxy) is 2. The monoisotopic (exact) mass is 442 g/mol. The molecule has 0 aliphatic rings. The van der Waals surface area contributed by atoms with Gasteiger partial charge in [0.2, 0.25) is 0 Å². The Hall–Kier alpha value is -1.70. The summed E-state index contributed by atoms with van der Waals surface area (Å²) >= 11 is 0. The van der Waals surface area contributed by atoms with E-state index in [2.05, 4.69) is 59.7 Å². The van der Waals surface area contributed by atoms with Crippen molar-refractivity contribution >= 4 is 20.2 Å². The molecule has 31 heavy (non-hydrogen) atoms. The van der Waals surface area contributed by atoms with Crippen LogP contribution in [0.1, 0.15) is 87.4 Å². The Bertz CT molecular complexity index is 869. The average molecular weight is 443 g/mol. The SMILES string of the molecule is CCCCCC(C)(Pc1ccccc1C=O)c1cc(C(C)(C)C)cc(C)c1OCOC. The first kappa shape index (κ1) is 25.6. The van der Waals surface area contributed by atoms with Crippen LogP contribution in [0.15, 0.2) is 36.4 Å². The lowest BCUT2D eigenvalue weighted by molar-refractivity contribution is 0.0494. The van der Waals surface area contributed by atoms with E-state index in [-0.39, 0.29) is 17.4 Å². The Labute approximate surface area is 190 Å². The molecule has 0 saturated heterocycles.